The first-order valence-corrected chi connectivity index (χ1v) is 6.61. The van der Waals surface area contributed by atoms with Crippen LogP contribution >= 0.6 is 0 Å². The lowest BCUT2D eigenvalue weighted by molar-refractivity contribution is 0.0568. The van der Waals surface area contributed by atoms with E-state index in [2.05, 4.69) is 22.4 Å². The molecule has 1 aliphatic heterocycles. The van der Waals surface area contributed by atoms with E-state index < -0.39 is 5.60 Å². The maximum Gasteiger partial charge on any atom is 0.274 e. The number of likely N-dealkylation sites (tertiary alicyclic amines) is 1. The third kappa shape index (κ3) is 3.41. The van der Waals surface area contributed by atoms with E-state index in [9.17, 15) is 9.90 Å². The molecule has 1 amide bonds. The average Bonchev–Trinajstić information content (AvgIpc) is 2.76. The minimum Gasteiger partial charge on any atom is -0.388 e. The van der Waals surface area contributed by atoms with Crippen LogP contribution < -0.4 is 5.32 Å². The van der Waals surface area contributed by atoms with Crippen LogP contribution in [0.3, 0.4) is 0 Å². The van der Waals surface area contributed by atoms with Crippen LogP contribution in [0.2, 0.25) is 0 Å². The van der Waals surface area contributed by atoms with Crippen LogP contribution in [0, 0.1) is 0 Å². The van der Waals surface area contributed by atoms with Gasteiger partial charge in [0, 0.05) is 19.6 Å². The first-order chi connectivity index (χ1) is 9.02. The molecule has 6 heteroatoms. The number of aliphatic hydroxyl groups is 1. The van der Waals surface area contributed by atoms with Crippen LogP contribution in [0.15, 0.2) is 12.1 Å². The number of anilines is 1. The summed E-state index contributed by atoms with van der Waals surface area (Å²) < 4.78 is 0. The van der Waals surface area contributed by atoms with Gasteiger partial charge in [-0.2, -0.15) is 0 Å². The number of rotatable bonds is 4. The molecule has 2 heterocycles. The number of carbonyl (C=O) groups is 1. The summed E-state index contributed by atoms with van der Waals surface area (Å²) in [5.74, 6) is 0.499. The summed E-state index contributed by atoms with van der Waals surface area (Å²) in [6.07, 6.45) is 1.60. The van der Waals surface area contributed by atoms with Gasteiger partial charge in [-0.15, -0.1) is 10.2 Å². The molecule has 1 aliphatic rings. The van der Waals surface area contributed by atoms with Gasteiger partial charge in [0.05, 0.1) is 5.60 Å². The van der Waals surface area contributed by atoms with E-state index in [-0.39, 0.29) is 5.91 Å². The van der Waals surface area contributed by atoms with Gasteiger partial charge in [-0.25, -0.2) is 0 Å². The van der Waals surface area contributed by atoms with Crippen molar-refractivity contribution >= 4 is 11.7 Å². The second-order valence-corrected chi connectivity index (χ2v) is 5.20. The quantitative estimate of drug-likeness (QED) is 0.844. The number of β-amino-alcohol motifs (C(OH)–C–C–N with tert-alkyl or cyclic N) is 1. The maximum atomic E-state index is 12.2. The van der Waals surface area contributed by atoms with Crippen molar-refractivity contribution in [3.05, 3.63) is 17.8 Å². The predicted octanol–water partition coefficient (Wildman–Crippen LogP) is 0.895. The zero-order valence-electron chi connectivity index (χ0n) is 11.4. The Labute approximate surface area is 112 Å². The fraction of sp³-hybridized carbons (Fsp3) is 0.615. The highest BCUT2D eigenvalue weighted by atomic mass is 16.3. The zero-order valence-corrected chi connectivity index (χ0v) is 11.4. The second kappa shape index (κ2) is 5.52. The molecule has 2 rings (SSSR count). The lowest BCUT2D eigenvalue weighted by Gasteiger charge is -2.18. The topological polar surface area (TPSA) is 78.4 Å². The summed E-state index contributed by atoms with van der Waals surface area (Å²) >= 11 is 0. The number of nitrogens with zero attached hydrogens (tertiary/aromatic N) is 3. The fourth-order valence-corrected chi connectivity index (χ4v) is 2.07. The predicted molar refractivity (Wildman–Crippen MR) is 72.0 cm³/mol. The van der Waals surface area contributed by atoms with E-state index in [1.165, 1.54) is 0 Å². The fourth-order valence-electron chi connectivity index (χ4n) is 2.07. The Morgan fingerprint density at radius 1 is 1.53 bits per heavy atom. The number of carbonyl (C=O) groups excluding carboxylic acids is 1. The number of aromatic nitrogens is 2. The van der Waals surface area contributed by atoms with E-state index in [4.69, 9.17) is 0 Å². The molecule has 0 bridgehead atoms. The number of hydrogen-bond acceptors (Lipinski definition) is 5. The summed E-state index contributed by atoms with van der Waals surface area (Å²) in [6, 6.07) is 3.42. The SMILES string of the molecule is CCCNc1ccc(C(=O)N2CCC(C)(O)C2)nn1. The van der Waals surface area contributed by atoms with Gasteiger partial charge < -0.3 is 15.3 Å². The minimum absolute atomic E-state index is 0.174. The summed E-state index contributed by atoms with van der Waals surface area (Å²) in [5.41, 5.74) is -0.467. The van der Waals surface area contributed by atoms with Gasteiger partial charge in [-0.3, -0.25) is 4.79 Å². The van der Waals surface area contributed by atoms with E-state index in [1.54, 1.807) is 24.0 Å². The molecule has 6 nitrogen and oxygen atoms in total. The van der Waals surface area contributed by atoms with E-state index in [1.807, 2.05) is 0 Å². The van der Waals surface area contributed by atoms with Crippen molar-refractivity contribution in [3.8, 4) is 0 Å². The molecule has 1 aromatic heterocycles. The van der Waals surface area contributed by atoms with Crippen molar-refractivity contribution in [1.82, 2.24) is 15.1 Å². The van der Waals surface area contributed by atoms with Crippen LogP contribution in [0.25, 0.3) is 0 Å². The van der Waals surface area contributed by atoms with Gasteiger partial charge in [0.2, 0.25) is 0 Å². The van der Waals surface area contributed by atoms with Gasteiger partial charge in [0.1, 0.15) is 5.82 Å². The molecular weight excluding hydrogens is 244 g/mol. The van der Waals surface area contributed by atoms with Crippen LogP contribution in [-0.2, 0) is 0 Å². The van der Waals surface area contributed by atoms with Gasteiger partial charge in [-0.05, 0) is 31.9 Å². The Balaban J connectivity index is 2.00. The standard InChI is InChI=1S/C13H20N4O2/c1-3-7-14-11-5-4-10(15-16-11)12(18)17-8-6-13(2,19)9-17/h4-5,19H,3,6-9H2,1-2H3,(H,14,16). The molecule has 0 aromatic carbocycles. The molecule has 0 spiro atoms. The lowest BCUT2D eigenvalue weighted by atomic mass is 10.1. The third-order valence-electron chi connectivity index (χ3n) is 3.18. The normalized spacial score (nSPS) is 22.6. The molecule has 104 valence electrons. The average molecular weight is 264 g/mol. The van der Waals surface area contributed by atoms with E-state index >= 15 is 0 Å². The van der Waals surface area contributed by atoms with Crippen molar-refractivity contribution in [2.24, 2.45) is 0 Å². The smallest absolute Gasteiger partial charge is 0.274 e. The van der Waals surface area contributed by atoms with Gasteiger partial charge in [-0.1, -0.05) is 6.92 Å². The Morgan fingerprint density at radius 2 is 2.32 bits per heavy atom. The van der Waals surface area contributed by atoms with Crippen molar-refractivity contribution < 1.29 is 9.90 Å². The molecule has 2 N–H and O–H groups in total. The molecule has 1 unspecified atom stereocenters. The van der Waals surface area contributed by atoms with Crippen molar-refractivity contribution in [3.63, 3.8) is 0 Å². The third-order valence-corrected chi connectivity index (χ3v) is 3.18. The molecule has 1 aromatic rings. The summed E-state index contributed by atoms with van der Waals surface area (Å²) in [4.78, 5) is 13.8. The molecule has 0 radical (unpaired) electrons. The second-order valence-electron chi connectivity index (χ2n) is 5.20. The zero-order chi connectivity index (χ0) is 13.9. The molecule has 1 atom stereocenters. The molecular formula is C13H20N4O2. The van der Waals surface area contributed by atoms with Gasteiger partial charge in [0.15, 0.2) is 5.69 Å². The Hall–Kier alpha value is -1.69. The monoisotopic (exact) mass is 264 g/mol. The maximum absolute atomic E-state index is 12.2. The van der Waals surface area contributed by atoms with Crippen LogP contribution in [0.4, 0.5) is 5.82 Å². The van der Waals surface area contributed by atoms with E-state index in [0.717, 1.165) is 13.0 Å². The summed E-state index contributed by atoms with van der Waals surface area (Å²) in [5, 5.41) is 20.9. The largest absolute Gasteiger partial charge is 0.388 e. The number of hydrogen-bond donors (Lipinski definition) is 2. The molecule has 19 heavy (non-hydrogen) atoms. The summed E-state index contributed by atoms with van der Waals surface area (Å²) in [7, 11) is 0. The summed E-state index contributed by atoms with van der Waals surface area (Å²) in [6.45, 7) is 5.55. The highest BCUT2D eigenvalue weighted by molar-refractivity contribution is 5.92. The Kier molecular flexibility index (Phi) is 3.99. The van der Waals surface area contributed by atoms with Gasteiger partial charge in [0.25, 0.3) is 5.91 Å². The highest BCUT2D eigenvalue weighted by Gasteiger charge is 2.34. The highest BCUT2D eigenvalue weighted by Crippen LogP contribution is 2.21. The molecule has 0 saturated carbocycles. The van der Waals surface area contributed by atoms with Crippen LogP contribution in [-0.4, -0.2) is 51.3 Å². The Morgan fingerprint density at radius 3 is 2.84 bits per heavy atom. The van der Waals surface area contributed by atoms with Crippen molar-refractivity contribution in [2.45, 2.75) is 32.3 Å². The van der Waals surface area contributed by atoms with Crippen molar-refractivity contribution in [1.29, 1.82) is 0 Å². The molecule has 1 saturated heterocycles. The first kappa shape index (κ1) is 13.7. The number of amides is 1. The first-order valence-electron chi connectivity index (χ1n) is 6.61. The van der Waals surface area contributed by atoms with Crippen LogP contribution in [0.1, 0.15) is 37.2 Å². The van der Waals surface area contributed by atoms with E-state index in [0.29, 0.717) is 31.0 Å². The molecule has 1 fully saturated rings. The van der Waals surface area contributed by atoms with Gasteiger partial charge >= 0.3 is 0 Å². The molecule has 0 aliphatic carbocycles. The lowest BCUT2D eigenvalue weighted by Crippen LogP contribution is -2.34. The number of nitrogens with one attached hydrogen (secondary N) is 1. The Bertz CT molecular complexity index is 444. The van der Waals surface area contributed by atoms with Crippen molar-refractivity contribution in [2.75, 3.05) is 25.0 Å². The van der Waals surface area contributed by atoms with Crippen LogP contribution in [0.5, 0.6) is 0 Å². The minimum atomic E-state index is -0.786.